The van der Waals surface area contributed by atoms with Gasteiger partial charge in [0.25, 0.3) is 0 Å². The second-order valence-electron chi connectivity index (χ2n) is 5.66. The van der Waals surface area contributed by atoms with E-state index in [4.69, 9.17) is 4.74 Å². The number of hydrogen-bond acceptors (Lipinski definition) is 3. The number of rotatable bonds is 2. The Hall–Kier alpha value is -1.10. The molecule has 0 bridgehead atoms. The lowest BCUT2D eigenvalue weighted by Gasteiger charge is -2.36. The monoisotopic (exact) mass is 252 g/mol. The van der Waals surface area contributed by atoms with Crippen molar-refractivity contribution in [2.45, 2.75) is 25.3 Å². The third-order valence-corrected chi connectivity index (χ3v) is 4.55. The Morgan fingerprint density at radius 2 is 1.94 bits per heavy atom. The molecule has 2 aliphatic carbocycles. The van der Waals surface area contributed by atoms with Gasteiger partial charge in [-0.3, -0.25) is 9.59 Å². The van der Waals surface area contributed by atoms with Crippen LogP contribution in [0.4, 0.5) is 0 Å². The number of nitrogens with zero attached hydrogens (tertiary/aromatic N) is 1. The van der Waals surface area contributed by atoms with Crippen molar-refractivity contribution in [1.29, 1.82) is 0 Å². The maximum Gasteiger partial charge on any atom is 0.244 e. The highest BCUT2D eigenvalue weighted by Gasteiger charge is 2.49. The van der Waals surface area contributed by atoms with Crippen LogP contribution in [0.2, 0.25) is 0 Å². The Morgan fingerprint density at radius 3 is 2.61 bits per heavy atom. The van der Waals surface area contributed by atoms with Crippen LogP contribution in [0.5, 0.6) is 0 Å². The van der Waals surface area contributed by atoms with Gasteiger partial charge in [0.05, 0.1) is 13.2 Å². The molecule has 0 radical (unpaired) electrons. The van der Waals surface area contributed by atoms with E-state index in [2.05, 4.69) is 5.32 Å². The van der Waals surface area contributed by atoms with Gasteiger partial charge >= 0.3 is 0 Å². The predicted molar refractivity (Wildman–Crippen MR) is 64.7 cm³/mol. The van der Waals surface area contributed by atoms with Gasteiger partial charge in [0, 0.05) is 19.5 Å². The summed E-state index contributed by atoms with van der Waals surface area (Å²) in [7, 11) is 1.60. The molecule has 5 heteroatoms. The van der Waals surface area contributed by atoms with E-state index >= 15 is 0 Å². The first kappa shape index (κ1) is 12.0. The number of fused-ring (bicyclic) bond motifs is 1. The molecule has 2 amide bonds. The summed E-state index contributed by atoms with van der Waals surface area (Å²) in [4.78, 5) is 26.0. The quantitative estimate of drug-likeness (QED) is 0.753. The summed E-state index contributed by atoms with van der Waals surface area (Å²) in [5, 5.41) is 2.61. The molecule has 0 spiro atoms. The summed E-state index contributed by atoms with van der Waals surface area (Å²) >= 11 is 0. The van der Waals surface area contributed by atoms with E-state index in [1.807, 2.05) is 0 Å². The maximum absolute atomic E-state index is 12.5. The lowest BCUT2D eigenvalue weighted by Crippen LogP contribution is -2.56. The van der Waals surface area contributed by atoms with Crippen LogP contribution in [0, 0.1) is 17.8 Å². The van der Waals surface area contributed by atoms with E-state index < -0.39 is 6.04 Å². The number of hydrogen-bond donors (Lipinski definition) is 1. The van der Waals surface area contributed by atoms with Crippen molar-refractivity contribution in [1.82, 2.24) is 10.2 Å². The third kappa shape index (κ3) is 2.00. The lowest BCUT2D eigenvalue weighted by molar-refractivity contribution is -0.151. The van der Waals surface area contributed by atoms with E-state index in [0.717, 1.165) is 24.7 Å². The molecule has 0 aromatic heterocycles. The summed E-state index contributed by atoms with van der Waals surface area (Å²) in [5.41, 5.74) is 0. The minimum Gasteiger partial charge on any atom is -0.377 e. The zero-order valence-electron chi connectivity index (χ0n) is 10.7. The number of nitrogens with one attached hydrogen (secondary N) is 1. The Kier molecular flexibility index (Phi) is 3.01. The molecule has 1 aliphatic heterocycles. The number of morpholine rings is 1. The molecule has 3 atom stereocenters. The zero-order chi connectivity index (χ0) is 12.7. The molecule has 18 heavy (non-hydrogen) atoms. The summed E-state index contributed by atoms with van der Waals surface area (Å²) < 4.78 is 5.32. The molecule has 5 nitrogen and oxygen atoms in total. The molecular weight excluding hydrogens is 232 g/mol. The van der Waals surface area contributed by atoms with Crippen molar-refractivity contribution in [2.75, 3.05) is 26.8 Å². The van der Waals surface area contributed by atoms with E-state index in [1.165, 1.54) is 6.42 Å². The molecule has 3 fully saturated rings. The van der Waals surface area contributed by atoms with Gasteiger partial charge in [0.15, 0.2) is 0 Å². The molecule has 3 rings (SSSR count). The fourth-order valence-corrected chi connectivity index (χ4v) is 3.40. The van der Waals surface area contributed by atoms with Crippen molar-refractivity contribution >= 4 is 11.8 Å². The third-order valence-electron chi connectivity index (χ3n) is 4.55. The summed E-state index contributed by atoms with van der Waals surface area (Å²) in [5.74, 6) is 1.78. The van der Waals surface area contributed by atoms with Crippen molar-refractivity contribution in [3.8, 4) is 0 Å². The van der Waals surface area contributed by atoms with Gasteiger partial charge in [0.2, 0.25) is 11.8 Å². The Balaban J connectivity index is 1.67. The molecule has 2 saturated carbocycles. The van der Waals surface area contributed by atoms with Crippen LogP contribution < -0.4 is 5.32 Å². The molecule has 1 N–H and O–H groups in total. The topological polar surface area (TPSA) is 58.6 Å². The van der Waals surface area contributed by atoms with Crippen LogP contribution in [0.15, 0.2) is 0 Å². The highest BCUT2D eigenvalue weighted by molar-refractivity contribution is 5.89. The maximum atomic E-state index is 12.5. The molecule has 3 unspecified atom stereocenters. The number of ether oxygens (including phenoxy) is 1. The second kappa shape index (κ2) is 4.53. The van der Waals surface area contributed by atoms with E-state index in [-0.39, 0.29) is 17.7 Å². The van der Waals surface area contributed by atoms with Gasteiger partial charge in [-0.15, -0.1) is 0 Å². The van der Waals surface area contributed by atoms with Crippen LogP contribution in [0.1, 0.15) is 19.3 Å². The van der Waals surface area contributed by atoms with Crippen molar-refractivity contribution in [3.05, 3.63) is 0 Å². The highest BCUT2D eigenvalue weighted by Crippen LogP contribution is 2.54. The fourth-order valence-electron chi connectivity index (χ4n) is 3.40. The van der Waals surface area contributed by atoms with Crippen molar-refractivity contribution in [2.24, 2.45) is 17.8 Å². The SMILES string of the molecule is CNC(=O)C1COCCN1C(=O)C1CC2CC2C1. The van der Waals surface area contributed by atoms with Crippen molar-refractivity contribution < 1.29 is 14.3 Å². The van der Waals surface area contributed by atoms with E-state index in [0.29, 0.717) is 19.8 Å². The van der Waals surface area contributed by atoms with E-state index in [1.54, 1.807) is 11.9 Å². The van der Waals surface area contributed by atoms with Crippen LogP contribution in [0.3, 0.4) is 0 Å². The minimum atomic E-state index is -0.437. The van der Waals surface area contributed by atoms with Crippen LogP contribution in [-0.4, -0.2) is 49.6 Å². The molecule has 1 heterocycles. The largest absolute Gasteiger partial charge is 0.377 e. The average molecular weight is 252 g/mol. The molecule has 1 saturated heterocycles. The van der Waals surface area contributed by atoms with Gasteiger partial charge in [-0.25, -0.2) is 0 Å². The standard InChI is InChI=1S/C13H20N2O3/c1-14-12(16)11-7-18-3-2-15(11)13(17)10-5-8-4-9(8)6-10/h8-11H,2-7H2,1H3,(H,14,16). The first-order valence-electron chi connectivity index (χ1n) is 6.80. The number of likely N-dealkylation sites (N-methyl/N-ethyl adjacent to an activating group) is 1. The Bertz CT molecular complexity index is 361. The minimum absolute atomic E-state index is 0.119. The van der Waals surface area contributed by atoms with Crippen molar-refractivity contribution in [3.63, 3.8) is 0 Å². The molecular formula is C13H20N2O3. The highest BCUT2D eigenvalue weighted by atomic mass is 16.5. The van der Waals surface area contributed by atoms with Crippen LogP contribution in [-0.2, 0) is 14.3 Å². The van der Waals surface area contributed by atoms with Gasteiger partial charge in [-0.05, 0) is 31.1 Å². The normalized spacial score (nSPS) is 38.2. The second-order valence-corrected chi connectivity index (χ2v) is 5.66. The zero-order valence-corrected chi connectivity index (χ0v) is 10.7. The van der Waals surface area contributed by atoms with Gasteiger partial charge in [-0.1, -0.05) is 0 Å². The smallest absolute Gasteiger partial charge is 0.244 e. The average Bonchev–Trinajstić information content (AvgIpc) is 3.03. The van der Waals surface area contributed by atoms with Gasteiger partial charge in [-0.2, -0.15) is 0 Å². The molecule has 0 aromatic carbocycles. The first-order valence-corrected chi connectivity index (χ1v) is 6.80. The number of amides is 2. The first-order chi connectivity index (χ1) is 8.70. The van der Waals surface area contributed by atoms with Crippen LogP contribution in [0.25, 0.3) is 0 Å². The van der Waals surface area contributed by atoms with Gasteiger partial charge < -0.3 is 15.0 Å². The number of carbonyl (C=O) groups is 2. The molecule has 100 valence electrons. The van der Waals surface area contributed by atoms with Crippen LogP contribution >= 0.6 is 0 Å². The Labute approximate surface area is 107 Å². The molecule has 3 aliphatic rings. The summed E-state index contributed by atoms with van der Waals surface area (Å²) in [6.45, 7) is 1.41. The number of carbonyl (C=O) groups excluding carboxylic acids is 2. The lowest BCUT2D eigenvalue weighted by atomic mass is 10.0. The van der Waals surface area contributed by atoms with Gasteiger partial charge in [0.1, 0.15) is 6.04 Å². The van der Waals surface area contributed by atoms with E-state index in [9.17, 15) is 9.59 Å². The predicted octanol–water partition coefficient (Wildman–Crippen LogP) is 0.00590. The summed E-state index contributed by atoms with van der Waals surface area (Å²) in [6, 6.07) is -0.437. The molecule has 0 aromatic rings. The summed E-state index contributed by atoms with van der Waals surface area (Å²) in [6.07, 6.45) is 3.37. The fraction of sp³-hybridized carbons (Fsp3) is 0.846. The Morgan fingerprint density at radius 1 is 1.22 bits per heavy atom.